The highest BCUT2D eigenvalue weighted by Crippen LogP contribution is 2.44. The lowest BCUT2D eigenvalue weighted by Gasteiger charge is -2.25. The molecule has 0 spiro atoms. The molecule has 0 saturated carbocycles. The van der Waals surface area contributed by atoms with Crippen molar-refractivity contribution in [2.24, 2.45) is 4.99 Å². The van der Waals surface area contributed by atoms with Crippen LogP contribution < -0.4 is 0 Å². The van der Waals surface area contributed by atoms with E-state index in [2.05, 4.69) is 15.0 Å². The molecule has 11 nitrogen and oxygen atoms in total. The van der Waals surface area contributed by atoms with Gasteiger partial charge in [-0.25, -0.2) is 4.99 Å². The van der Waals surface area contributed by atoms with Gasteiger partial charge >= 0.3 is 0 Å². The molecule has 0 radical (unpaired) electrons. The highest BCUT2D eigenvalue weighted by atomic mass is 35.5. The lowest BCUT2D eigenvalue weighted by atomic mass is 10.1. The molecule has 198 valence electrons. The Balaban J connectivity index is 1.44. The van der Waals surface area contributed by atoms with Crippen molar-refractivity contribution < 1.29 is 26.8 Å². The number of halogens is 1. The number of ether oxygens (including phenoxy) is 3. The van der Waals surface area contributed by atoms with Crippen LogP contribution in [-0.4, -0.2) is 79.0 Å². The van der Waals surface area contributed by atoms with Crippen molar-refractivity contribution in [3.63, 3.8) is 0 Å². The number of nitrogens with zero attached hydrogens (tertiary/aromatic N) is 5. The van der Waals surface area contributed by atoms with Crippen molar-refractivity contribution in [1.29, 1.82) is 0 Å². The Kier molecular flexibility index (Phi) is 6.75. The van der Waals surface area contributed by atoms with E-state index in [9.17, 15) is 8.42 Å². The first kappa shape index (κ1) is 26.0. The van der Waals surface area contributed by atoms with Gasteiger partial charge in [0, 0.05) is 20.3 Å². The highest BCUT2D eigenvalue weighted by molar-refractivity contribution is 7.86. The molecule has 4 heterocycles. The molecule has 0 bridgehead atoms. The maximum absolute atomic E-state index is 12.8. The molecule has 37 heavy (non-hydrogen) atoms. The number of rotatable bonds is 7. The summed E-state index contributed by atoms with van der Waals surface area (Å²) >= 11 is 6.22. The summed E-state index contributed by atoms with van der Waals surface area (Å²) in [6.45, 7) is 5.22. The summed E-state index contributed by atoms with van der Waals surface area (Å²) in [7, 11) is -0.296. The SMILES string of the molecule is Cc1ccc(S(=O)(=O)OC[C@H]2O[C@@H](n3ccc4c(/N=C/N(C)C)nc(Cl)nc43)[C@@H]3OC(C)(C)O[C@@H]32)cc1. The van der Waals surface area contributed by atoms with Gasteiger partial charge in [0.1, 0.15) is 24.0 Å². The molecule has 2 fully saturated rings. The first-order valence-electron chi connectivity index (χ1n) is 11.7. The van der Waals surface area contributed by atoms with Gasteiger partial charge < -0.3 is 23.7 Å². The summed E-state index contributed by atoms with van der Waals surface area (Å²) in [6.07, 6.45) is 0.871. The van der Waals surface area contributed by atoms with Crippen LogP contribution >= 0.6 is 11.6 Å². The van der Waals surface area contributed by atoms with Crippen LogP contribution in [0.15, 0.2) is 46.4 Å². The average Bonchev–Trinajstić information content (AvgIpc) is 3.47. The van der Waals surface area contributed by atoms with Crippen molar-refractivity contribution in [2.45, 2.75) is 56.0 Å². The zero-order valence-corrected chi connectivity index (χ0v) is 22.6. The monoisotopic (exact) mass is 549 g/mol. The van der Waals surface area contributed by atoms with E-state index in [0.29, 0.717) is 16.9 Å². The molecule has 2 aromatic heterocycles. The minimum Gasteiger partial charge on any atom is -0.369 e. The van der Waals surface area contributed by atoms with E-state index < -0.39 is 40.4 Å². The Morgan fingerprint density at radius 3 is 2.57 bits per heavy atom. The maximum Gasteiger partial charge on any atom is 0.297 e. The Labute approximate surface area is 220 Å². The molecule has 5 rings (SSSR count). The van der Waals surface area contributed by atoms with Crippen molar-refractivity contribution in [2.75, 3.05) is 20.7 Å². The predicted octanol–water partition coefficient (Wildman–Crippen LogP) is 3.44. The van der Waals surface area contributed by atoms with Crippen LogP contribution in [0.5, 0.6) is 0 Å². The molecule has 2 saturated heterocycles. The summed E-state index contributed by atoms with van der Waals surface area (Å²) in [5.41, 5.74) is 1.44. The molecule has 13 heteroatoms. The normalized spacial score (nSPS) is 25.2. The third-order valence-electron chi connectivity index (χ3n) is 6.03. The van der Waals surface area contributed by atoms with Crippen LogP contribution in [-0.2, 0) is 28.5 Å². The molecule has 0 aliphatic carbocycles. The van der Waals surface area contributed by atoms with Crippen molar-refractivity contribution >= 4 is 44.9 Å². The van der Waals surface area contributed by atoms with E-state index in [0.717, 1.165) is 5.56 Å². The lowest BCUT2D eigenvalue weighted by Crippen LogP contribution is -2.33. The Bertz CT molecular complexity index is 1440. The van der Waals surface area contributed by atoms with Crippen LogP contribution in [0.4, 0.5) is 5.82 Å². The third-order valence-corrected chi connectivity index (χ3v) is 7.50. The number of aromatic nitrogens is 3. The van der Waals surface area contributed by atoms with Crippen LogP contribution in [0.1, 0.15) is 25.6 Å². The molecule has 2 aliphatic heterocycles. The fourth-order valence-corrected chi connectivity index (χ4v) is 5.49. The fourth-order valence-electron chi connectivity index (χ4n) is 4.41. The fraction of sp³-hybridized carbons (Fsp3) is 0.458. The molecular weight excluding hydrogens is 522 g/mol. The topological polar surface area (TPSA) is 117 Å². The summed E-state index contributed by atoms with van der Waals surface area (Å²) in [5.74, 6) is -0.493. The lowest BCUT2D eigenvalue weighted by molar-refractivity contribution is -0.198. The van der Waals surface area contributed by atoms with Crippen molar-refractivity contribution in [3.8, 4) is 0 Å². The Morgan fingerprint density at radius 1 is 1.16 bits per heavy atom. The van der Waals surface area contributed by atoms with Gasteiger partial charge in [-0.3, -0.25) is 4.18 Å². The Morgan fingerprint density at radius 2 is 1.86 bits per heavy atom. The van der Waals surface area contributed by atoms with Gasteiger partial charge in [0.2, 0.25) is 5.28 Å². The van der Waals surface area contributed by atoms with Gasteiger partial charge in [0.05, 0.1) is 23.2 Å². The largest absolute Gasteiger partial charge is 0.369 e. The molecular formula is C24H28ClN5O6S. The number of fused-ring (bicyclic) bond motifs is 2. The molecule has 3 aromatic rings. The number of hydrogen-bond donors (Lipinski definition) is 0. The van der Waals surface area contributed by atoms with E-state index in [1.807, 2.05) is 27.1 Å². The zero-order chi connectivity index (χ0) is 26.5. The predicted molar refractivity (Wildman–Crippen MR) is 136 cm³/mol. The van der Waals surface area contributed by atoms with E-state index >= 15 is 0 Å². The van der Waals surface area contributed by atoms with Gasteiger partial charge in [-0.15, -0.1) is 0 Å². The summed E-state index contributed by atoms with van der Waals surface area (Å²) in [4.78, 5) is 14.9. The minimum absolute atomic E-state index is 0.0286. The summed E-state index contributed by atoms with van der Waals surface area (Å²) in [5, 5.41) is 0.698. The van der Waals surface area contributed by atoms with Crippen LogP contribution in [0.3, 0.4) is 0 Å². The van der Waals surface area contributed by atoms with Gasteiger partial charge in [0.25, 0.3) is 10.1 Å². The average molecular weight is 550 g/mol. The molecule has 0 N–H and O–H groups in total. The van der Waals surface area contributed by atoms with E-state index in [1.165, 1.54) is 12.1 Å². The first-order chi connectivity index (χ1) is 17.4. The van der Waals surface area contributed by atoms with Gasteiger partial charge in [-0.1, -0.05) is 17.7 Å². The van der Waals surface area contributed by atoms with Crippen LogP contribution in [0.2, 0.25) is 5.28 Å². The first-order valence-corrected chi connectivity index (χ1v) is 13.4. The number of aryl methyl sites for hydroxylation is 1. The maximum atomic E-state index is 12.8. The van der Waals surface area contributed by atoms with Gasteiger partial charge in [0.15, 0.2) is 17.8 Å². The minimum atomic E-state index is -3.99. The summed E-state index contributed by atoms with van der Waals surface area (Å²) in [6, 6.07) is 8.27. The Hall–Kier alpha value is -2.61. The molecule has 4 atom stereocenters. The van der Waals surface area contributed by atoms with E-state index in [4.69, 9.17) is 30.0 Å². The second kappa shape index (κ2) is 9.61. The number of aliphatic imine (C=N–C) groups is 1. The van der Waals surface area contributed by atoms with E-state index in [1.54, 1.807) is 48.0 Å². The van der Waals surface area contributed by atoms with Gasteiger partial charge in [-0.05, 0) is 50.6 Å². The number of benzene rings is 1. The quantitative estimate of drug-likeness (QED) is 0.189. The molecule has 0 amide bonds. The zero-order valence-electron chi connectivity index (χ0n) is 21.0. The van der Waals surface area contributed by atoms with Crippen LogP contribution in [0, 0.1) is 6.92 Å². The molecule has 1 aromatic carbocycles. The van der Waals surface area contributed by atoms with Gasteiger partial charge in [-0.2, -0.15) is 18.4 Å². The third kappa shape index (κ3) is 5.22. The van der Waals surface area contributed by atoms with Crippen LogP contribution in [0.25, 0.3) is 11.0 Å². The standard InChI is InChI=1S/C24H28ClN5O6S/c1-14-6-8-15(9-7-14)37(31,32)33-12-17-18-19(36-24(2,3)35-18)22(34-17)30-11-10-16-20(26-13-29(4)5)27-23(25)28-21(16)30/h6-11,13,17-19,22H,12H2,1-5H3/b26-13+/t17-,18-,19-,22-/m1/s1. The highest BCUT2D eigenvalue weighted by Gasteiger charge is 2.56. The number of hydrogen-bond acceptors (Lipinski definition) is 9. The molecule has 2 aliphatic rings. The summed E-state index contributed by atoms with van der Waals surface area (Å²) < 4.78 is 51.3. The second-order valence-electron chi connectivity index (χ2n) is 9.67. The molecule has 0 unspecified atom stereocenters. The van der Waals surface area contributed by atoms with E-state index in [-0.39, 0.29) is 16.8 Å². The second-order valence-corrected chi connectivity index (χ2v) is 11.6. The van der Waals surface area contributed by atoms with Crippen molar-refractivity contribution in [1.82, 2.24) is 19.4 Å². The smallest absolute Gasteiger partial charge is 0.297 e. The van der Waals surface area contributed by atoms with Crippen molar-refractivity contribution in [3.05, 3.63) is 47.4 Å².